The monoisotopic (exact) mass is 281 g/mol. The van der Waals surface area contributed by atoms with E-state index >= 15 is 0 Å². The zero-order chi connectivity index (χ0) is 12.5. The van der Waals surface area contributed by atoms with E-state index in [9.17, 15) is 0 Å². The fourth-order valence-corrected chi connectivity index (χ4v) is 3.78. The second-order valence-corrected chi connectivity index (χ2v) is 6.81. The number of anilines is 1. The highest BCUT2D eigenvalue weighted by atomic mass is 35.5. The van der Waals surface area contributed by atoms with E-state index in [1.807, 2.05) is 0 Å². The van der Waals surface area contributed by atoms with E-state index < -0.39 is 0 Å². The number of aryl methyl sites for hydroxylation is 1. The van der Waals surface area contributed by atoms with Crippen molar-refractivity contribution in [1.82, 2.24) is 9.97 Å². The molecule has 2 aromatic rings. The molecule has 96 valence electrons. The first-order valence-corrected chi connectivity index (χ1v) is 7.57. The second kappa shape index (κ2) is 5.02. The largest absolute Gasteiger partial charge is 0.369 e. The van der Waals surface area contributed by atoms with Gasteiger partial charge >= 0.3 is 0 Å². The molecule has 5 heteroatoms. The van der Waals surface area contributed by atoms with Gasteiger partial charge in [-0.2, -0.15) is 0 Å². The van der Waals surface area contributed by atoms with Crippen molar-refractivity contribution in [1.29, 1.82) is 0 Å². The molecule has 1 aliphatic carbocycles. The Morgan fingerprint density at radius 1 is 1.44 bits per heavy atom. The van der Waals surface area contributed by atoms with E-state index in [1.165, 1.54) is 11.3 Å². The quantitative estimate of drug-likeness (QED) is 0.869. The van der Waals surface area contributed by atoms with Crippen molar-refractivity contribution in [2.75, 3.05) is 11.9 Å². The summed E-state index contributed by atoms with van der Waals surface area (Å²) in [6.07, 6.45) is 5.12. The molecule has 0 spiro atoms. The maximum Gasteiger partial charge on any atom is 0.138 e. The molecule has 2 atom stereocenters. The van der Waals surface area contributed by atoms with Crippen LogP contribution in [0.2, 0.25) is 0 Å². The number of thiophene rings is 1. The Labute approximate surface area is 116 Å². The zero-order valence-corrected chi connectivity index (χ0v) is 11.9. The summed E-state index contributed by atoms with van der Waals surface area (Å²) in [7, 11) is 0. The standard InChI is InChI=1S/C13H16ClN3S/c1-8-4-11-12(16-7-17-13(11)18-8)15-6-9-2-3-10(14)5-9/h4,7,9-10H,2-3,5-6H2,1H3,(H,15,16,17). The lowest BCUT2D eigenvalue weighted by atomic mass is 10.1. The van der Waals surface area contributed by atoms with E-state index in [2.05, 4.69) is 28.3 Å². The summed E-state index contributed by atoms with van der Waals surface area (Å²) in [6.45, 7) is 3.06. The lowest BCUT2D eigenvalue weighted by molar-refractivity contribution is 0.580. The van der Waals surface area contributed by atoms with Crippen molar-refractivity contribution in [3.05, 3.63) is 17.3 Å². The van der Waals surface area contributed by atoms with E-state index in [0.717, 1.165) is 35.4 Å². The first-order valence-electron chi connectivity index (χ1n) is 6.31. The van der Waals surface area contributed by atoms with Gasteiger partial charge in [-0.3, -0.25) is 0 Å². The number of alkyl halides is 1. The van der Waals surface area contributed by atoms with Crippen LogP contribution >= 0.6 is 22.9 Å². The van der Waals surface area contributed by atoms with Crippen molar-refractivity contribution < 1.29 is 0 Å². The molecule has 1 aliphatic rings. The number of nitrogens with one attached hydrogen (secondary N) is 1. The Hall–Kier alpha value is -0.870. The van der Waals surface area contributed by atoms with Crippen LogP contribution in [0.4, 0.5) is 5.82 Å². The van der Waals surface area contributed by atoms with Crippen molar-refractivity contribution in [2.24, 2.45) is 5.92 Å². The molecule has 1 N–H and O–H groups in total. The fraction of sp³-hybridized carbons (Fsp3) is 0.538. The number of fused-ring (bicyclic) bond motifs is 1. The Morgan fingerprint density at radius 3 is 3.11 bits per heavy atom. The fourth-order valence-electron chi connectivity index (χ4n) is 2.56. The van der Waals surface area contributed by atoms with Gasteiger partial charge in [-0.25, -0.2) is 9.97 Å². The SMILES string of the molecule is Cc1cc2c(NCC3CCC(Cl)C3)ncnc2s1. The highest BCUT2D eigenvalue weighted by Crippen LogP contribution is 2.31. The third-order valence-corrected chi connectivity index (χ3v) is 4.84. The maximum atomic E-state index is 6.14. The van der Waals surface area contributed by atoms with Crippen molar-refractivity contribution in [2.45, 2.75) is 31.6 Å². The lowest BCUT2D eigenvalue weighted by Crippen LogP contribution is -2.12. The van der Waals surface area contributed by atoms with E-state index in [4.69, 9.17) is 11.6 Å². The molecule has 18 heavy (non-hydrogen) atoms. The molecule has 0 bridgehead atoms. The number of halogens is 1. The summed E-state index contributed by atoms with van der Waals surface area (Å²) in [4.78, 5) is 11.0. The molecular formula is C13H16ClN3S. The van der Waals surface area contributed by atoms with Crippen LogP contribution in [0, 0.1) is 12.8 Å². The minimum atomic E-state index is 0.366. The lowest BCUT2D eigenvalue weighted by Gasteiger charge is -2.11. The highest BCUT2D eigenvalue weighted by molar-refractivity contribution is 7.18. The summed E-state index contributed by atoms with van der Waals surface area (Å²) in [5.41, 5.74) is 0. The van der Waals surface area contributed by atoms with Gasteiger partial charge in [0.15, 0.2) is 0 Å². The molecule has 3 nitrogen and oxygen atoms in total. The number of aromatic nitrogens is 2. The van der Waals surface area contributed by atoms with Crippen LogP contribution < -0.4 is 5.32 Å². The molecule has 1 fully saturated rings. The topological polar surface area (TPSA) is 37.8 Å². The van der Waals surface area contributed by atoms with Crippen molar-refractivity contribution >= 4 is 39.0 Å². The predicted octanol–water partition coefficient (Wildman–Crippen LogP) is 3.82. The van der Waals surface area contributed by atoms with Gasteiger partial charge < -0.3 is 5.32 Å². The van der Waals surface area contributed by atoms with E-state index in [0.29, 0.717) is 11.3 Å². The molecule has 2 aromatic heterocycles. The molecule has 0 saturated heterocycles. The van der Waals surface area contributed by atoms with Crippen LogP contribution in [-0.2, 0) is 0 Å². The van der Waals surface area contributed by atoms with Gasteiger partial charge in [-0.15, -0.1) is 22.9 Å². The van der Waals surface area contributed by atoms with Crippen LogP contribution in [-0.4, -0.2) is 21.9 Å². The smallest absolute Gasteiger partial charge is 0.138 e. The minimum absolute atomic E-state index is 0.366. The Morgan fingerprint density at radius 2 is 2.33 bits per heavy atom. The second-order valence-electron chi connectivity index (χ2n) is 4.96. The zero-order valence-electron chi connectivity index (χ0n) is 10.3. The summed E-state index contributed by atoms with van der Waals surface area (Å²) in [6, 6.07) is 2.15. The van der Waals surface area contributed by atoms with Gasteiger partial charge in [0.25, 0.3) is 0 Å². The number of rotatable bonds is 3. The molecule has 3 rings (SSSR count). The summed E-state index contributed by atoms with van der Waals surface area (Å²) < 4.78 is 0. The third-order valence-electron chi connectivity index (χ3n) is 3.49. The summed E-state index contributed by atoms with van der Waals surface area (Å²) in [5, 5.41) is 4.97. The van der Waals surface area contributed by atoms with Gasteiger partial charge in [0.1, 0.15) is 17.0 Å². The minimum Gasteiger partial charge on any atom is -0.369 e. The molecule has 2 unspecified atom stereocenters. The van der Waals surface area contributed by atoms with Crippen LogP contribution in [0.3, 0.4) is 0 Å². The number of nitrogens with zero attached hydrogens (tertiary/aromatic N) is 2. The van der Waals surface area contributed by atoms with Gasteiger partial charge in [0.2, 0.25) is 0 Å². The molecule has 0 aliphatic heterocycles. The normalized spacial score (nSPS) is 23.7. The van der Waals surface area contributed by atoms with Crippen LogP contribution in [0.15, 0.2) is 12.4 Å². The van der Waals surface area contributed by atoms with Gasteiger partial charge in [-0.05, 0) is 38.2 Å². The van der Waals surface area contributed by atoms with E-state index in [1.54, 1.807) is 17.7 Å². The maximum absolute atomic E-state index is 6.14. The summed E-state index contributed by atoms with van der Waals surface area (Å²) in [5.74, 6) is 1.64. The molecular weight excluding hydrogens is 266 g/mol. The molecule has 0 amide bonds. The van der Waals surface area contributed by atoms with Crippen LogP contribution in [0.1, 0.15) is 24.1 Å². The van der Waals surface area contributed by atoms with Gasteiger partial charge in [0, 0.05) is 16.8 Å². The van der Waals surface area contributed by atoms with E-state index in [-0.39, 0.29) is 0 Å². The molecule has 0 aromatic carbocycles. The van der Waals surface area contributed by atoms with Crippen LogP contribution in [0.25, 0.3) is 10.2 Å². The Balaban J connectivity index is 1.74. The number of hydrogen-bond donors (Lipinski definition) is 1. The average molecular weight is 282 g/mol. The van der Waals surface area contributed by atoms with Gasteiger partial charge in [0.05, 0.1) is 5.39 Å². The third kappa shape index (κ3) is 2.45. The highest BCUT2D eigenvalue weighted by Gasteiger charge is 2.22. The van der Waals surface area contributed by atoms with Gasteiger partial charge in [-0.1, -0.05) is 0 Å². The number of hydrogen-bond acceptors (Lipinski definition) is 4. The first-order chi connectivity index (χ1) is 8.72. The average Bonchev–Trinajstić information content (AvgIpc) is 2.91. The van der Waals surface area contributed by atoms with Crippen molar-refractivity contribution in [3.63, 3.8) is 0 Å². The Kier molecular flexibility index (Phi) is 3.39. The van der Waals surface area contributed by atoms with Crippen LogP contribution in [0.5, 0.6) is 0 Å². The predicted molar refractivity (Wildman–Crippen MR) is 77.6 cm³/mol. The van der Waals surface area contributed by atoms with Crippen molar-refractivity contribution in [3.8, 4) is 0 Å². The molecule has 1 saturated carbocycles. The molecule has 0 radical (unpaired) electrons. The molecule has 2 heterocycles. The Bertz CT molecular complexity index is 554. The first kappa shape index (κ1) is 12.2. The summed E-state index contributed by atoms with van der Waals surface area (Å²) >= 11 is 7.85.